The highest BCUT2D eigenvalue weighted by Crippen LogP contribution is 1.99. The minimum Gasteiger partial charge on any atom is -0.312 e. The zero-order chi connectivity index (χ0) is 13.2. The Kier molecular flexibility index (Phi) is 3.35. The van der Waals surface area contributed by atoms with Crippen molar-refractivity contribution in [1.29, 1.82) is 0 Å². The molecule has 0 amide bonds. The summed E-state index contributed by atoms with van der Waals surface area (Å²) in [6, 6.07) is 6.11. The molecule has 1 aliphatic rings. The smallest absolute Gasteiger partial charge is 0.312 e. The molecule has 3 rings (SSSR count). The first kappa shape index (κ1) is 12.4. The van der Waals surface area contributed by atoms with Crippen molar-refractivity contribution in [3.05, 3.63) is 34.9 Å². The molecule has 0 bridgehead atoms. The first-order valence-electron chi connectivity index (χ1n) is 6.74. The molecule has 1 saturated heterocycles. The fourth-order valence-electron chi connectivity index (χ4n) is 2.57. The lowest BCUT2D eigenvalue weighted by Gasteiger charge is -2.31. The molecule has 0 aromatic carbocycles. The zero-order valence-corrected chi connectivity index (χ0v) is 11.1. The third-order valence-corrected chi connectivity index (χ3v) is 3.57. The van der Waals surface area contributed by atoms with Gasteiger partial charge in [-0.25, -0.2) is 9.48 Å². The molecule has 0 radical (unpaired) electrons. The van der Waals surface area contributed by atoms with Gasteiger partial charge in [0.15, 0.2) is 5.65 Å². The Hall–Kier alpha value is -1.66. The van der Waals surface area contributed by atoms with Gasteiger partial charge in [-0.1, -0.05) is 6.07 Å². The maximum absolute atomic E-state index is 12.1. The molecule has 3 heterocycles. The van der Waals surface area contributed by atoms with E-state index in [4.69, 9.17) is 0 Å². The van der Waals surface area contributed by atoms with Crippen molar-refractivity contribution in [1.82, 2.24) is 24.4 Å². The van der Waals surface area contributed by atoms with E-state index in [1.807, 2.05) is 18.2 Å². The Labute approximate surface area is 111 Å². The average Bonchev–Trinajstić information content (AvgIpc) is 2.74. The van der Waals surface area contributed by atoms with E-state index >= 15 is 0 Å². The maximum atomic E-state index is 12.1. The number of piperazine rings is 1. The second kappa shape index (κ2) is 5.14. The van der Waals surface area contributed by atoms with Crippen molar-refractivity contribution in [3.8, 4) is 0 Å². The normalized spacial score (nSPS) is 21.0. The highest BCUT2D eigenvalue weighted by molar-refractivity contribution is 5.35. The standard InChI is InChI=1S/C13H19N5O/c1-11-10-16(7-5-14-11)8-9-18-13(19)17-6-3-2-4-12(17)15-18/h2-4,6,11,14H,5,7-10H2,1H3/t11-/m1/s1. The molecule has 0 aliphatic carbocycles. The molecule has 0 spiro atoms. The van der Waals surface area contributed by atoms with Crippen molar-refractivity contribution in [3.63, 3.8) is 0 Å². The summed E-state index contributed by atoms with van der Waals surface area (Å²) in [6.07, 6.45) is 1.76. The van der Waals surface area contributed by atoms with Crippen LogP contribution in [-0.4, -0.2) is 51.3 Å². The van der Waals surface area contributed by atoms with Gasteiger partial charge in [-0.2, -0.15) is 0 Å². The van der Waals surface area contributed by atoms with Gasteiger partial charge in [-0.15, -0.1) is 5.10 Å². The number of hydrogen-bond donors (Lipinski definition) is 1. The number of hydrogen-bond acceptors (Lipinski definition) is 4. The molecule has 19 heavy (non-hydrogen) atoms. The third kappa shape index (κ3) is 2.54. The fourth-order valence-corrected chi connectivity index (χ4v) is 2.57. The van der Waals surface area contributed by atoms with Crippen LogP contribution in [0.5, 0.6) is 0 Å². The van der Waals surface area contributed by atoms with Crippen molar-refractivity contribution in [2.24, 2.45) is 0 Å². The number of rotatable bonds is 3. The van der Waals surface area contributed by atoms with Crippen LogP contribution >= 0.6 is 0 Å². The Morgan fingerprint density at radius 2 is 2.32 bits per heavy atom. The summed E-state index contributed by atoms with van der Waals surface area (Å²) in [5.74, 6) is 0. The lowest BCUT2D eigenvalue weighted by Crippen LogP contribution is -2.50. The Bertz CT molecular complexity index is 617. The van der Waals surface area contributed by atoms with Crippen LogP contribution in [0.1, 0.15) is 6.92 Å². The number of nitrogens with zero attached hydrogens (tertiary/aromatic N) is 4. The van der Waals surface area contributed by atoms with E-state index in [0.29, 0.717) is 18.2 Å². The largest absolute Gasteiger partial charge is 0.350 e. The predicted molar refractivity (Wildman–Crippen MR) is 73.4 cm³/mol. The second-order valence-corrected chi connectivity index (χ2v) is 5.09. The summed E-state index contributed by atoms with van der Waals surface area (Å²) >= 11 is 0. The van der Waals surface area contributed by atoms with Crippen molar-refractivity contribution >= 4 is 5.65 Å². The van der Waals surface area contributed by atoms with Crippen LogP contribution in [-0.2, 0) is 6.54 Å². The highest BCUT2D eigenvalue weighted by atomic mass is 16.2. The van der Waals surface area contributed by atoms with Gasteiger partial charge in [0, 0.05) is 38.4 Å². The molecule has 0 unspecified atom stereocenters. The van der Waals surface area contributed by atoms with Gasteiger partial charge in [0.05, 0.1) is 6.54 Å². The quantitative estimate of drug-likeness (QED) is 0.830. The molecule has 1 aliphatic heterocycles. The molecular weight excluding hydrogens is 242 g/mol. The molecule has 2 aromatic rings. The SMILES string of the molecule is C[C@@H]1CN(CCn2nc3ccccn3c2=O)CCN1. The second-order valence-electron chi connectivity index (χ2n) is 5.09. The minimum atomic E-state index is -0.0567. The maximum Gasteiger partial charge on any atom is 0.350 e. The van der Waals surface area contributed by atoms with E-state index in [0.717, 1.165) is 26.2 Å². The van der Waals surface area contributed by atoms with Crippen LogP contribution in [0.2, 0.25) is 0 Å². The van der Waals surface area contributed by atoms with E-state index in [1.165, 1.54) is 0 Å². The Morgan fingerprint density at radius 1 is 1.42 bits per heavy atom. The van der Waals surface area contributed by atoms with E-state index in [2.05, 4.69) is 22.2 Å². The lowest BCUT2D eigenvalue weighted by atomic mass is 10.2. The summed E-state index contributed by atoms with van der Waals surface area (Å²) in [4.78, 5) is 14.5. The average molecular weight is 261 g/mol. The van der Waals surface area contributed by atoms with Gasteiger partial charge in [0.1, 0.15) is 0 Å². The van der Waals surface area contributed by atoms with Crippen LogP contribution in [0.15, 0.2) is 29.2 Å². The van der Waals surface area contributed by atoms with Crippen LogP contribution in [0.25, 0.3) is 5.65 Å². The van der Waals surface area contributed by atoms with Gasteiger partial charge < -0.3 is 5.32 Å². The lowest BCUT2D eigenvalue weighted by molar-refractivity contribution is 0.197. The zero-order valence-electron chi connectivity index (χ0n) is 11.1. The van der Waals surface area contributed by atoms with E-state index in [-0.39, 0.29) is 5.69 Å². The van der Waals surface area contributed by atoms with Crippen molar-refractivity contribution < 1.29 is 0 Å². The summed E-state index contributed by atoms with van der Waals surface area (Å²) in [5, 5.41) is 7.75. The van der Waals surface area contributed by atoms with Crippen molar-refractivity contribution in [2.75, 3.05) is 26.2 Å². The highest BCUT2D eigenvalue weighted by Gasteiger charge is 2.15. The van der Waals surface area contributed by atoms with Gasteiger partial charge in [-0.05, 0) is 19.1 Å². The van der Waals surface area contributed by atoms with Gasteiger partial charge in [0.2, 0.25) is 0 Å². The van der Waals surface area contributed by atoms with E-state index in [9.17, 15) is 4.79 Å². The number of aromatic nitrogens is 3. The number of fused-ring (bicyclic) bond motifs is 1. The van der Waals surface area contributed by atoms with Gasteiger partial charge >= 0.3 is 5.69 Å². The molecule has 0 saturated carbocycles. The minimum absolute atomic E-state index is 0.0567. The molecule has 1 fully saturated rings. The van der Waals surface area contributed by atoms with Crippen LogP contribution in [0.4, 0.5) is 0 Å². The predicted octanol–water partition coefficient (Wildman–Crippen LogP) is -0.210. The van der Waals surface area contributed by atoms with Crippen molar-refractivity contribution in [2.45, 2.75) is 19.5 Å². The molecular formula is C13H19N5O. The fraction of sp³-hybridized carbons (Fsp3) is 0.538. The summed E-state index contributed by atoms with van der Waals surface area (Å²) < 4.78 is 3.14. The number of pyridine rings is 1. The van der Waals surface area contributed by atoms with Crippen LogP contribution in [0, 0.1) is 0 Å². The Morgan fingerprint density at radius 3 is 3.11 bits per heavy atom. The molecule has 6 nitrogen and oxygen atoms in total. The molecule has 1 atom stereocenters. The summed E-state index contributed by atoms with van der Waals surface area (Å²) in [5.41, 5.74) is 0.653. The van der Waals surface area contributed by atoms with Crippen LogP contribution in [0.3, 0.4) is 0 Å². The summed E-state index contributed by atoms with van der Waals surface area (Å²) in [7, 11) is 0. The Balaban J connectivity index is 1.71. The first-order chi connectivity index (χ1) is 9.24. The van der Waals surface area contributed by atoms with Gasteiger partial charge in [-0.3, -0.25) is 9.30 Å². The van der Waals surface area contributed by atoms with Gasteiger partial charge in [0.25, 0.3) is 0 Å². The molecule has 6 heteroatoms. The summed E-state index contributed by atoms with van der Waals surface area (Å²) in [6.45, 7) is 6.78. The molecule has 2 aromatic heterocycles. The molecule has 102 valence electrons. The topological polar surface area (TPSA) is 54.6 Å². The van der Waals surface area contributed by atoms with E-state index in [1.54, 1.807) is 15.3 Å². The number of nitrogens with one attached hydrogen (secondary N) is 1. The first-order valence-corrected chi connectivity index (χ1v) is 6.74. The van der Waals surface area contributed by atoms with E-state index < -0.39 is 0 Å². The molecule has 1 N–H and O–H groups in total. The third-order valence-electron chi connectivity index (χ3n) is 3.57. The van der Waals surface area contributed by atoms with Crippen LogP contribution < -0.4 is 11.0 Å². The monoisotopic (exact) mass is 261 g/mol.